The molecule has 160 valence electrons. The van der Waals surface area contributed by atoms with Gasteiger partial charge in [-0.2, -0.15) is 0 Å². The van der Waals surface area contributed by atoms with E-state index in [1.807, 2.05) is 18.2 Å². The van der Waals surface area contributed by atoms with Crippen molar-refractivity contribution < 1.29 is 18.9 Å². The van der Waals surface area contributed by atoms with Gasteiger partial charge in [0.15, 0.2) is 18.5 Å². The van der Waals surface area contributed by atoms with Crippen LogP contribution in [-0.2, 0) is 7.05 Å². The predicted molar refractivity (Wildman–Crippen MR) is 126 cm³/mol. The van der Waals surface area contributed by atoms with Crippen molar-refractivity contribution in [3.63, 3.8) is 0 Å². The molecule has 0 fully saturated rings. The number of fused-ring (bicyclic) bond motifs is 3. The average Bonchev–Trinajstić information content (AvgIpc) is 3.34. The van der Waals surface area contributed by atoms with E-state index in [0.29, 0.717) is 17.2 Å². The van der Waals surface area contributed by atoms with E-state index < -0.39 is 0 Å². The summed E-state index contributed by atoms with van der Waals surface area (Å²) in [6, 6.07) is 25.1. The largest absolute Gasteiger partial charge is 0.493 e. The highest BCUT2D eigenvalue weighted by Crippen LogP contribution is 2.38. The van der Waals surface area contributed by atoms with Crippen molar-refractivity contribution in [2.75, 3.05) is 21.3 Å². The van der Waals surface area contributed by atoms with Crippen LogP contribution in [0, 0.1) is 0 Å². The predicted octanol–water partition coefficient (Wildman–Crippen LogP) is 4.16. The third kappa shape index (κ3) is 3.05. The van der Waals surface area contributed by atoms with Crippen LogP contribution in [0.4, 0.5) is 0 Å². The Bertz CT molecular complexity index is 1460. The van der Waals surface area contributed by atoms with Gasteiger partial charge in [0.05, 0.1) is 21.3 Å². The number of methoxy groups -OCH3 is 3. The third-order valence-corrected chi connectivity index (χ3v) is 5.92. The topological polar surface area (TPSA) is 36.0 Å². The lowest BCUT2D eigenvalue weighted by Crippen LogP contribution is -2.36. The fourth-order valence-corrected chi connectivity index (χ4v) is 4.44. The van der Waals surface area contributed by atoms with Crippen molar-refractivity contribution in [2.45, 2.75) is 0 Å². The summed E-state index contributed by atoms with van der Waals surface area (Å²) in [7, 11) is 6.99. The van der Waals surface area contributed by atoms with Gasteiger partial charge in [-0.05, 0) is 42.0 Å². The Labute approximate surface area is 186 Å². The average molecular weight is 426 g/mol. The number of para-hydroxylation sites is 1. The summed E-state index contributed by atoms with van der Waals surface area (Å²) >= 11 is 0. The van der Waals surface area contributed by atoms with Crippen molar-refractivity contribution in [3.8, 4) is 28.5 Å². The second kappa shape index (κ2) is 7.93. The van der Waals surface area contributed by atoms with Crippen molar-refractivity contribution >= 4 is 22.5 Å². The number of ether oxygens (including phenoxy) is 3. The quantitative estimate of drug-likeness (QED) is 0.397. The molecule has 0 saturated carbocycles. The molecule has 5 nitrogen and oxygen atoms in total. The lowest BCUT2D eigenvalue weighted by atomic mass is 10.1. The van der Waals surface area contributed by atoms with Gasteiger partial charge in [-0.25, -0.2) is 0 Å². The van der Waals surface area contributed by atoms with Gasteiger partial charge >= 0.3 is 0 Å². The van der Waals surface area contributed by atoms with Crippen LogP contribution in [0.25, 0.3) is 33.8 Å². The molecule has 5 aromatic rings. The second-order valence-electron chi connectivity index (χ2n) is 7.65. The molecule has 0 atom stereocenters. The lowest BCUT2D eigenvalue weighted by Gasteiger charge is -2.12. The molecule has 0 N–H and O–H groups in total. The summed E-state index contributed by atoms with van der Waals surface area (Å²) in [6.45, 7) is 0. The molecule has 0 bridgehead atoms. The number of rotatable bonds is 5. The van der Waals surface area contributed by atoms with Gasteiger partial charge in [0, 0.05) is 22.2 Å². The van der Waals surface area contributed by atoms with E-state index >= 15 is 0 Å². The summed E-state index contributed by atoms with van der Waals surface area (Å²) < 4.78 is 21.1. The first kappa shape index (κ1) is 19.9. The summed E-state index contributed by atoms with van der Waals surface area (Å²) in [5, 5.41) is 2.33. The van der Waals surface area contributed by atoms with Crippen LogP contribution >= 0.6 is 0 Å². The lowest BCUT2D eigenvalue weighted by molar-refractivity contribution is -0.725. The molecule has 5 heteroatoms. The van der Waals surface area contributed by atoms with Gasteiger partial charge in [-0.15, -0.1) is 9.20 Å². The number of aryl methyl sites for hydroxylation is 1. The highest BCUT2D eigenvalue weighted by atomic mass is 16.5. The monoisotopic (exact) mass is 425 g/mol. The highest BCUT2D eigenvalue weighted by Gasteiger charge is 2.22. The first-order chi connectivity index (χ1) is 15.7. The van der Waals surface area contributed by atoms with Crippen LogP contribution in [0.15, 0.2) is 72.8 Å². The molecule has 0 aliphatic heterocycles. The number of benzene rings is 3. The van der Waals surface area contributed by atoms with Crippen LogP contribution in [-0.4, -0.2) is 25.8 Å². The van der Waals surface area contributed by atoms with Crippen LogP contribution in [0.3, 0.4) is 0 Å². The van der Waals surface area contributed by atoms with Gasteiger partial charge in [0.25, 0.3) is 0 Å². The molecule has 0 spiro atoms. The van der Waals surface area contributed by atoms with Crippen molar-refractivity contribution in [3.05, 3.63) is 83.6 Å². The second-order valence-corrected chi connectivity index (χ2v) is 7.65. The van der Waals surface area contributed by atoms with Crippen LogP contribution < -0.4 is 24.1 Å². The molecular formula is C27H25N2O3+. The Kier molecular flexibility index (Phi) is 4.94. The van der Waals surface area contributed by atoms with Crippen molar-refractivity contribution in [2.24, 2.45) is 7.05 Å². The van der Waals surface area contributed by atoms with Gasteiger partial charge < -0.3 is 14.2 Å². The molecule has 0 aliphatic rings. The zero-order chi connectivity index (χ0) is 22.2. The minimum atomic E-state index is 0.588. The van der Waals surface area contributed by atoms with E-state index in [4.69, 9.17) is 14.2 Å². The molecule has 0 radical (unpaired) electrons. The van der Waals surface area contributed by atoms with E-state index in [1.165, 1.54) is 10.9 Å². The molecule has 2 heterocycles. The first-order valence-electron chi connectivity index (χ1n) is 10.5. The molecule has 0 unspecified atom stereocenters. The smallest absolute Gasteiger partial charge is 0.239 e. The standard InChI is InChI=1S/C27H25N2O3/c1-28-23(19-10-6-5-7-11-19)17-24-21(20-12-8-9-13-22(20)29(24)28)14-18-15-25(30-2)27(32-4)26(16-18)31-3/h5-17H,1-4H3/q+1/b21-14-. The minimum absolute atomic E-state index is 0.588. The fourth-order valence-electron chi connectivity index (χ4n) is 4.44. The molecule has 0 aliphatic carbocycles. The maximum absolute atomic E-state index is 5.56. The molecular weight excluding hydrogens is 400 g/mol. The SMILES string of the molecule is COc1cc(/C=c2/c3ccccc3n3c2cc(-c2ccccc2)[n+]3C)cc(OC)c1OC. The zero-order valence-electron chi connectivity index (χ0n) is 18.6. The summed E-state index contributed by atoms with van der Waals surface area (Å²) in [4.78, 5) is 0. The Morgan fingerprint density at radius 3 is 2.06 bits per heavy atom. The third-order valence-electron chi connectivity index (χ3n) is 5.92. The van der Waals surface area contributed by atoms with Gasteiger partial charge in [-0.1, -0.05) is 36.4 Å². The van der Waals surface area contributed by atoms with Crippen LogP contribution in [0.5, 0.6) is 17.2 Å². The fraction of sp³-hybridized carbons (Fsp3) is 0.148. The summed E-state index contributed by atoms with van der Waals surface area (Å²) in [6.07, 6.45) is 2.18. The van der Waals surface area contributed by atoms with Gasteiger partial charge in [0.2, 0.25) is 11.4 Å². The number of hydrogen-bond acceptors (Lipinski definition) is 3. The van der Waals surface area contributed by atoms with Gasteiger partial charge in [-0.3, -0.25) is 0 Å². The van der Waals surface area contributed by atoms with E-state index in [-0.39, 0.29) is 0 Å². The summed E-state index contributed by atoms with van der Waals surface area (Å²) in [5.41, 5.74) is 5.61. The molecule has 5 rings (SSSR count). The Balaban J connectivity index is 1.83. The maximum Gasteiger partial charge on any atom is 0.239 e. The zero-order valence-corrected chi connectivity index (χ0v) is 18.6. The van der Waals surface area contributed by atoms with E-state index in [9.17, 15) is 0 Å². The molecule has 0 amide bonds. The van der Waals surface area contributed by atoms with E-state index in [2.05, 4.69) is 76.9 Å². The number of hydrogen-bond donors (Lipinski definition) is 0. The Hall–Kier alpha value is -3.99. The molecule has 32 heavy (non-hydrogen) atoms. The maximum atomic E-state index is 5.56. The molecule has 0 saturated heterocycles. The normalized spacial score (nSPS) is 11.9. The molecule has 2 aromatic heterocycles. The van der Waals surface area contributed by atoms with Crippen LogP contribution in [0.2, 0.25) is 0 Å². The first-order valence-corrected chi connectivity index (χ1v) is 10.5. The van der Waals surface area contributed by atoms with Crippen LogP contribution in [0.1, 0.15) is 5.56 Å². The minimum Gasteiger partial charge on any atom is -0.493 e. The Morgan fingerprint density at radius 2 is 1.41 bits per heavy atom. The molecule has 3 aromatic carbocycles. The number of aromatic nitrogens is 2. The van der Waals surface area contributed by atoms with Gasteiger partial charge in [0.1, 0.15) is 11.0 Å². The Morgan fingerprint density at radius 1 is 0.750 bits per heavy atom. The van der Waals surface area contributed by atoms with E-state index in [0.717, 1.165) is 27.5 Å². The van der Waals surface area contributed by atoms with E-state index in [1.54, 1.807) is 21.3 Å². The highest BCUT2D eigenvalue weighted by molar-refractivity contribution is 5.90. The summed E-state index contributed by atoms with van der Waals surface area (Å²) in [5.74, 6) is 1.86. The van der Waals surface area contributed by atoms with Crippen molar-refractivity contribution in [1.29, 1.82) is 0 Å². The number of nitrogens with zero attached hydrogens (tertiary/aromatic N) is 2. The van der Waals surface area contributed by atoms with Crippen molar-refractivity contribution in [1.82, 2.24) is 4.52 Å².